The first-order chi connectivity index (χ1) is 9.97. The molecular weight excluding hydrogens is 266 g/mol. The maximum atomic E-state index is 5.53. The largest absolute Gasteiger partial charge is 0.379 e. The summed E-state index contributed by atoms with van der Waals surface area (Å²) < 4.78 is 7.56. The Morgan fingerprint density at radius 2 is 2.14 bits per heavy atom. The highest BCUT2D eigenvalue weighted by atomic mass is 16.5. The van der Waals surface area contributed by atoms with Crippen molar-refractivity contribution in [1.82, 2.24) is 20.2 Å². The summed E-state index contributed by atoms with van der Waals surface area (Å²) in [6.45, 7) is 11.7. The van der Waals surface area contributed by atoms with Gasteiger partial charge < -0.3 is 19.9 Å². The minimum absolute atomic E-state index is 0.0758. The van der Waals surface area contributed by atoms with E-state index in [2.05, 4.69) is 48.3 Å². The fraction of sp³-hybridized carbons (Fsp3) is 0.733. The second-order valence-corrected chi connectivity index (χ2v) is 6.04. The molecule has 0 bridgehead atoms. The predicted molar refractivity (Wildman–Crippen MR) is 86.5 cm³/mol. The van der Waals surface area contributed by atoms with E-state index in [0.29, 0.717) is 6.54 Å². The van der Waals surface area contributed by atoms with Crippen LogP contribution in [0.3, 0.4) is 0 Å². The average Bonchev–Trinajstić information content (AvgIpc) is 2.91. The summed E-state index contributed by atoms with van der Waals surface area (Å²) in [5.74, 6) is 0.823. The molecule has 6 nitrogen and oxygen atoms in total. The standard InChI is InChI=1S/C15H29N5O/c1-6-17-14(18-8-10-20-9-7-16-12-20)19-11-13(21-5)15(2,3)4/h7,9,12-13H,6,8,10-11H2,1-5H3,(H2,17,18,19). The molecule has 0 saturated carbocycles. The van der Waals surface area contributed by atoms with Crippen LogP contribution < -0.4 is 10.6 Å². The molecule has 0 spiro atoms. The first-order valence-corrected chi connectivity index (χ1v) is 7.48. The van der Waals surface area contributed by atoms with Gasteiger partial charge in [-0.1, -0.05) is 20.8 Å². The van der Waals surface area contributed by atoms with Gasteiger partial charge in [0.15, 0.2) is 5.96 Å². The fourth-order valence-corrected chi connectivity index (χ4v) is 1.94. The van der Waals surface area contributed by atoms with Crippen LogP contribution in [-0.2, 0) is 11.3 Å². The quantitative estimate of drug-likeness (QED) is 0.591. The van der Waals surface area contributed by atoms with Crippen molar-refractivity contribution < 1.29 is 4.74 Å². The molecule has 1 aromatic rings. The summed E-state index contributed by atoms with van der Waals surface area (Å²) in [5, 5.41) is 6.58. The number of hydrogen-bond donors (Lipinski definition) is 2. The first-order valence-electron chi connectivity index (χ1n) is 7.48. The van der Waals surface area contributed by atoms with Crippen LogP contribution in [0.15, 0.2) is 23.7 Å². The molecule has 0 fully saturated rings. The zero-order valence-electron chi connectivity index (χ0n) is 13.9. The van der Waals surface area contributed by atoms with Gasteiger partial charge in [-0.2, -0.15) is 0 Å². The van der Waals surface area contributed by atoms with E-state index in [1.54, 1.807) is 13.3 Å². The molecule has 1 heterocycles. The highest BCUT2D eigenvalue weighted by molar-refractivity contribution is 5.79. The van der Waals surface area contributed by atoms with Crippen molar-refractivity contribution in [3.63, 3.8) is 0 Å². The van der Waals surface area contributed by atoms with Gasteiger partial charge in [0, 0.05) is 39.1 Å². The number of rotatable bonds is 7. The zero-order valence-corrected chi connectivity index (χ0v) is 13.9. The summed E-state index contributed by atoms with van der Waals surface area (Å²) in [6, 6.07) is 0. The van der Waals surface area contributed by atoms with Crippen LogP contribution in [0.1, 0.15) is 27.7 Å². The van der Waals surface area contributed by atoms with Gasteiger partial charge in [-0.15, -0.1) is 0 Å². The lowest BCUT2D eigenvalue weighted by Gasteiger charge is -2.28. The Labute approximate surface area is 128 Å². The van der Waals surface area contributed by atoms with E-state index >= 15 is 0 Å². The fourth-order valence-electron chi connectivity index (χ4n) is 1.94. The Morgan fingerprint density at radius 1 is 1.38 bits per heavy atom. The van der Waals surface area contributed by atoms with Crippen LogP contribution in [0.2, 0.25) is 0 Å². The Kier molecular flexibility index (Phi) is 7.22. The smallest absolute Gasteiger partial charge is 0.191 e. The van der Waals surface area contributed by atoms with Crippen molar-refractivity contribution in [2.45, 2.75) is 40.3 Å². The maximum Gasteiger partial charge on any atom is 0.191 e. The van der Waals surface area contributed by atoms with E-state index in [1.165, 1.54) is 0 Å². The number of ether oxygens (including phenoxy) is 1. The second-order valence-electron chi connectivity index (χ2n) is 6.04. The Morgan fingerprint density at radius 3 is 2.67 bits per heavy atom. The molecular formula is C15H29N5O. The zero-order chi connectivity index (χ0) is 15.7. The van der Waals surface area contributed by atoms with Crippen molar-refractivity contribution in [2.24, 2.45) is 10.4 Å². The van der Waals surface area contributed by atoms with E-state index in [0.717, 1.165) is 25.6 Å². The lowest BCUT2D eigenvalue weighted by molar-refractivity contribution is 0.0241. The molecule has 1 rings (SSSR count). The maximum absolute atomic E-state index is 5.53. The Balaban J connectivity index is 2.48. The van der Waals surface area contributed by atoms with Crippen molar-refractivity contribution in [1.29, 1.82) is 0 Å². The second kappa shape index (κ2) is 8.67. The monoisotopic (exact) mass is 295 g/mol. The van der Waals surface area contributed by atoms with Crippen LogP contribution in [0.25, 0.3) is 0 Å². The summed E-state index contributed by atoms with van der Waals surface area (Å²) in [5.41, 5.74) is 0.0758. The van der Waals surface area contributed by atoms with Gasteiger partial charge in [-0.3, -0.25) is 4.99 Å². The van der Waals surface area contributed by atoms with Gasteiger partial charge in [0.25, 0.3) is 0 Å². The number of hydrogen-bond acceptors (Lipinski definition) is 3. The summed E-state index contributed by atoms with van der Waals surface area (Å²) in [4.78, 5) is 8.64. The SMILES string of the molecule is CCNC(=NCC(OC)C(C)(C)C)NCCn1ccnc1. The minimum atomic E-state index is 0.0758. The Hall–Kier alpha value is -1.56. The minimum Gasteiger partial charge on any atom is -0.379 e. The topological polar surface area (TPSA) is 63.5 Å². The molecule has 0 amide bonds. The third-order valence-corrected chi connectivity index (χ3v) is 3.23. The highest BCUT2D eigenvalue weighted by Crippen LogP contribution is 2.21. The third-order valence-electron chi connectivity index (χ3n) is 3.23. The van der Waals surface area contributed by atoms with Gasteiger partial charge in [0.05, 0.1) is 19.0 Å². The van der Waals surface area contributed by atoms with Crippen molar-refractivity contribution >= 4 is 5.96 Å². The van der Waals surface area contributed by atoms with Crippen molar-refractivity contribution in [3.8, 4) is 0 Å². The van der Waals surface area contributed by atoms with Crippen LogP contribution in [0.4, 0.5) is 0 Å². The number of methoxy groups -OCH3 is 1. The van der Waals surface area contributed by atoms with E-state index in [4.69, 9.17) is 4.74 Å². The molecule has 2 N–H and O–H groups in total. The molecule has 0 aliphatic rings. The predicted octanol–water partition coefficient (Wildman–Crippen LogP) is 1.50. The normalized spacial score (nSPS) is 14.0. The third kappa shape index (κ3) is 6.62. The Bertz CT molecular complexity index is 408. The molecule has 6 heteroatoms. The van der Waals surface area contributed by atoms with Crippen molar-refractivity contribution in [2.75, 3.05) is 26.7 Å². The highest BCUT2D eigenvalue weighted by Gasteiger charge is 2.23. The molecule has 0 radical (unpaired) electrons. The molecule has 1 unspecified atom stereocenters. The van der Waals surface area contributed by atoms with Gasteiger partial charge >= 0.3 is 0 Å². The average molecular weight is 295 g/mol. The lowest BCUT2D eigenvalue weighted by Crippen LogP contribution is -2.40. The van der Waals surface area contributed by atoms with Crippen LogP contribution in [0, 0.1) is 5.41 Å². The summed E-state index contributed by atoms with van der Waals surface area (Å²) in [6.07, 6.45) is 5.64. The van der Waals surface area contributed by atoms with E-state index in [9.17, 15) is 0 Å². The number of aromatic nitrogens is 2. The molecule has 0 saturated heterocycles. The molecule has 0 aliphatic carbocycles. The molecule has 1 aromatic heterocycles. The summed E-state index contributed by atoms with van der Waals surface area (Å²) >= 11 is 0. The molecule has 120 valence electrons. The van der Waals surface area contributed by atoms with Crippen molar-refractivity contribution in [3.05, 3.63) is 18.7 Å². The first kappa shape index (κ1) is 17.5. The molecule has 0 aliphatic heterocycles. The van der Waals surface area contributed by atoms with Crippen LogP contribution in [-0.4, -0.2) is 48.4 Å². The summed E-state index contributed by atoms with van der Waals surface area (Å²) in [7, 11) is 1.74. The lowest BCUT2D eigenvalue weighted by atomic mass is 9.89. The van der Waals surface area contributed by atoms with Gasteiger partial charge in [-0.25, -0.2) is 4.98 Å². The number of nitrogens with one attached hydrogen (secondary N) is 2. The van der Waals surface area contributed by atoms with Gasteiger partial charge in [-0.05, 0) is 12.3 Å². The van der Waals surface area contributed by atoms with Gasteiger partial charge in [0.1, 0.15) is 0 Å². The molecule has 0 aromatic carbocycles. The van der Waals surface area contributed by atoms with E-state index in [-0.39, 0.29) is 11.5 Å². The number of nitrogens with zero attached hydrogens (tertiary/aromatic N) is 3. The molecule has 1 atom stereocenters. The number of imidazole rings is 1. The van der Waals surface area contributed by atoms with Gasteiger partial charge in [0.2, 0.25) is 0 Å². The molecule has 21 heavy (non-hydrogen) atoms. The van der Waals surface area contributed by atoms with E-state index in [1.807, 2.05) is 17.1 Å². The van der Waals surface area contributed by atoms with Crippen LogP contribution in [0.5, 0.6) is 0 Å². The number of aliphatic imine (C=N–C) groups is 1. The van der Waals surface area contributed by atoms with E-state index < -0.39 is 0 Å². The van der Waals surface area contributed by atoms with Crippen LogP contribution >= 0.6 is 0 Å². The number of guanidine groups is 1.